The summed E-state index contributed by atoms with van der Waals surface area (Å²) in [6.07, 6.45) is -2.41. The average Bonchev–Trinajstić information content (AvgIpc) is 3.24. The van der Waals surface area contributed by atoms with E-state index in [1.165, 1.54) is 0 Å². The monoisotopic (exact) mass is 569 g/mol. The number of alkyl carbamates (subject to hydrolysis) is 1. The number of esters is 1. The van der Waals surface area contributed by atoms with Crippen LogP contribution in [0.3, 0.4) is 0 Å². The van der Waals surface area contributed by atoms with E-state index < -0.39 is 59.2 Å². The number of aromatic nitrogens is 2. The molecule has 1 aromatic carbocycles. The lowest BCUT2D eigenvalue weighted by atomic mass is 10.1. The number of hydrogen-bond donors (Lipinski definition) is 2. The molecule has 0 radical (unpaired) electrons. The Balaban J connectivity index is 1.73. The second-order valence-corrected chi connectivity index (χ2v) is 10.9. The first-order chi connectivity index (χ1) is 18.2. The molecule has 4 atom stereocenters. The maximum absolute atomic E-state index is 13.9. The Morgan fingerprint density at radius 1 is 1.23 bits per heavy atom. The van der Waals surface area contributed by atoms with Crippen LogP contribution >= 0.6 is 11.6 Å². The molecular weight excluding hydrogens is 537 g/mol. The van der Waals surface area contributed by atoms with Crippen LogP contribution in [-0.2, 0) is 30.3 Å². The number of nitrogens with one attached hydrogen (secondary N) is 2. The van der Waals surface area contributed by atoms with Gasteiger partial charge in [-0.2, -0.15) is 4.39 Å². The number of aromatic amines is 1. The molecule has 2 heterocycles. The summed E-state index contributed by atoms with van der Waals surface area (Å²) in [5, 5.41) is 3.09. The zero-order valence-electron chi connectivity index (χ0n) is 22.4. The second kappa shape index (κ2) is 12.8. The van der Waals surface area contributed by atoms with Crippen LogP contribution in [0.25, 0.3) is 0 Å². The van der Waals surface area contributed by atoms with E-state index in [0.717, 1.165) is 16.3 Å². The minimum Gasteiger partial charge on any atom is -0.461 e. The molecule has 1 aliphatic rings. The van der Waals surface area contributed by atoms with Gasteiger partial charge in [-0.05, 0) is 44.4 Å². The molecule has 2 aromatic rings. The molecule has 13 heteroatoms. The van der Waals surface area contributed by atoms with Gasteiger partial charge in [-0.1, -0.05) is 37.6 Å². The number of rotatable bonds is 9. The molecule has 0 spiro atoms. The molecule has 11 nitrogen and oxygen atoms in total. The van der Waals surface area contributed by atoms with E-state index in [-0.39, 0.29) is 25.6 Å². The molecule has 2 N–H and O–H groups in total. The molecule has 1 aliphatic heterocycles. The quantitative estimate of drug-likeness (QED) is 0.439. The summed E-state index contributed by atoms with van der Waals surface area (Å²) >= 11 is 5.94. The third-order valence-electron chi connectivity index (χ3n) is 5.78. The standard InChI is InChI=1S/C26H33ClFN3O8/c1-14(2)21(29-25(35)39-26(3,4)5)23(33)37-13-19-18(36-12-15-6-8-16(27)9-7-15)10-20(38-19)31-11-17(28)22(32)30-24(31)34/h6-9,11,14,18-21H,10,12-13H2,1-5H3,(H,29,35)(H,30,32,34)/t18-,19+,20+,21-/m0/s1. The van der Waals surface area contributed by atoms with Crippen LogP contribution in [0.15, 0.2) is 40.1 Å². The molecule has 1 amide bonds. The highest BCUT2D eigenvalue weighted by molar-refractivity contribution is 6.30. The van der Waals surface area contributed by atoms with Gasteiger partial charge in [-0.15, -0.1) is 0 Å². The van der Waals surface area contributed by atoms with Crippen LogP contribution in [0.1, 0.15) is 52.8 Å². The average molecular weight is 570 g/mol. The number of nitrogens with zero attached hydrogens (tertiary/aromatic N) is 1. The van der Waals surface area contributed by atoms with Gasteiger partial charge >= 0.3 is 17.8 Å². The predicted molar refractivity (Wildman–Crippen MR) is 139 cm³/mol. The van der Waals surface area contributed by atoms with Crippen molar-refractivity contribution in [3.05, 3.63) is 67.7 Å². The van der Waals surface area contributed by atoms with Gasteiger partial charge in [0.05, 0.1) is 18.9 Å². The first-order valence-electron chi connectivity index (χ1n) is 12.4. The number of benzene rings is 1. The van der Waals surface area contributed by atoms with Crippen LogP contribution in [0.5, 0.6) is 0 Å². The van der Waals surface area contributed by atoms with Crippen molar-refractivity contribution in [2.24, 2.45) is 5.92 Å². The molecule has 0 aliphatic carbocycles. The Labute approximate surface area is 229 Å². The van der Waals surface area contributed by atoms with E-state index in [9.17, 15) is 23.6 Å². The number of amides is 1. The van der Waals surface area contributed by atoms with Crippen molar-refractivity contribution in [2.75, 3.05) is 6.61 Å². The van der Waals surface area contributed by atoms with E-state index in [4.69, 9.17) is 30.5 Å². The lowest BCUT2D eigenvalue weighted by Gasteiger charge is -2.25. The summed E-state index contributed by atoms with van der Waals surface area (Å²) in [6, 6.07) is 5.98. The van der Waals surface area contributed by atoms with Gasteiger partial charge in [-0.25, -0.2) is 14.4 Å². The van der Waals surface area contributed by atoms with Gasteiger partial charge in [0, 0.05) is 11.4 Å². The van der Waals surface area contributed by atoms with E-state index in [1.807, 2.05) is 4.98 Å². The maximum atomic E-state index is 13.9. The summed E-state index contributed by atoms with van der Waals surface area (Å²) in [5.74, 6) is -2.19. The molecule has 0 saturated carbocycles. The number of carbonyl (C=O) groups excluding carboxylic acids is 2. The lowest BCUT2D eigenvalue weighted by molar-refractivity contribution is -0.155. The zero-order chi connectivity index (χ0) is 28.9. The fourth-order valence-corrected chi connectivity index (χ4v) is 3.97. The van der Waals surface area contributed by atoms with Crippen LogP contribution in [-0.4, -0.2) is 52.1 Å². The lowest BCUT2D eigenvalue weighted by Crippen LogP contribution is -2.47. The third kappa shape index (κ3) is 8.64. The van der Waals surface area contributed by atoms with Crippen molar-refractivity contribution in [2.45, 2.75) is 77.7 Å². The molecule has 0 bridgehead atoms. The number of carbonyl (C=O) groups is 2. The molecular formula is C26H33ClFN3O8. The number of hydrogen-bond acceptors (Lipinski definition) is 8. The first kappa shape index (κ1) is 30.3. The zero-order valence-corrected chi connectivity index (χ0v) is 23.1. The topological polar surface area (TPSA) is 138 Å². The summed E-state index contributed by atoms with van der Waals surface area (Å²) in [4.78, 5) is 50.8. The first-order valence-corrected chi connectivity index (χ1v) is 12.8. The van der Waals surface area contributed by atoms with Gasteiger partial charge in [-0.3, -0.25) is 14.3 Å². The summed E-state index contributed by atoms with van der Waals surface area (Å²) in [5.41, 5.74) is -1.95. The number of ether oxygens (including phenoxy) is 4. The molecule has 1 saturated heterocycles. The van der Waals surface area contributed by atoms with Crippen molar-refractivity contribution in [1.82, 2.24) is 14.9 Å². The van der Waals surface area contributed by atoms with Gasteiger partial charge in [0.2, 0.25) is 5.82 Å². The van der Waals surface area contributed by atoms with Crippen molar-refractivity contribution >= 4 is 23.7 Å². The smallest absolute Gasteiger partial charge is 0.408 e. The Hall–Kier alpha value is -3.22. The highest BCUT2D eigenvalue weighted by Gasteiger charge is 2.39. The normalized spacial score (nSPS) is 20.1. The van der Waals surface area contributed by atoms with Gasteiger partial charge in [0.15, 0.2) is 0 Å². The molecule has 3 rings (SSSR count). The number of halogens is 2. The van der Waals surface area contributed by atoms with E-state index in [0.29, 0.717) is 5.02 Å². The molecule has 1 fully saturated rings. The largest absolute Gasteiger partial charge is 0.461 e. The summed E-state index contributed by atoms with van der Waals surface area (Å²) < 4.78 is 37.5. The molecule has 1 aromatic heterocycles. The molecule has 214 valence electrons. The number of H-pyrrole nitrogens is 1. The van der Waals surface area contributed by atoms with Crippen LogP contribution in [0.2, 0.25) is 5.02 Å². The van der Waals surface area contributed by atoms with Crippen LogP contribution < -0.4 is 16.6 Å². The minimum atomic E-state index is -1.15. The van der Waals surface area contributed by atoms with Crippen molar-refractivity contribution in [1.29, 1.82) is 0 Å². The van der Waals surface area contributed by atoms with Gasteiger partial charge in [0.1, 0.15) is 30.6 Å². The highest BCUT2D eigenvalue weighted by Crippen LogP contribution is 2.31. The Bertz CT molecular complexity index is 1270. The fourth-order valence-electron chi connectivity index (χ4n) is 3.84. The fraction of sp³-hybridized carbons (Fsp3) is 0.538. The van der Waals surface area contributed by atoms with E-state index >= 15 is 0 Å². The Kier molecular flexibility index (Phi) is 9.92. The van der Waals surface area contributed by atoms with E-state index in [1.54, 1.807) is 58.9 Å². The Morgan fingerprint density at radius 3 is 2.51 bits per heavy atom. The van der Waals surface area contributed by atoms with Crippen LogP contribution in [0.4, 0.5) is 9.18 Å². The van der Waals surface area contributed by atoms with Gasteiger partial charge < -0.3 is 24.3 Å². The minimum absolute atomic E-state index is 0.102. The van der Waals surface area contributed by atoms with Crippen molar-refractivity contribution < 1.29 is 32.9 Å². The predicted octanol–water partition coefficient (Wildman–Crippen LogP) is 3.29. The highest BCUT2D eigenvalue weighted by atomic mass is 35.5. The van der Waals surface area contributed by atoms with Crippen LogP contribution in [0, 0.1) is 11.7 Å². The maximum Gasteiger partial charge on any atom is 0.408 e. The summed E-state index contributed by atoms with van der Waals surface area (Å²) in [7, 11) is 0. The van der Waals surface area contributed by atoms with Crippen molar-refractivity contribution in [3.63, 3.8) is 0 Å². The summed E-state index contributed by atoms with van der Waals surface area (Å²) in [6.45, 7) is 8.46. The SMILES string of the molecule is CC(C)[C@H](NC(=O)OC(C)(C)C)C(=O)OC[C@H]1O[C@@H](n2cc(F)c(=O)[nH]c2=O)C[C@@H]1OCc1ccc(Cl)cc1. The van der Waals surface area contributed by atoms with Gasteiger partial charge in [0.25, 0.3) is 5.56 Å². The second-order valence-electron chi connectivity index (χ2n) is 10.5. The molecule has 39 heavy (non-hydrogen) atoms. The third-order valence-corrected chi connectivity index (χ3v) is 6.03. The van der Waals surface area contributed by atoms with E-state index in [2.05, 4.69) is 5.32 Å². The van der Waals surface area contributed by atoms with Crippen molar-refractivity contribution in [3.8, 4) is 0 Å². The molecule has 0 unspecified atom stereocenters. The Morgan fingerprint density at radius 2 is 1.90 bits per heavy atom.